The first-order chi connectivity index (χ1) is 15.8. The van der Waals surface area contributed by atoms with E-state index >= 15 is 0 Å². The third-order valence-electron chi connectivity index (χ3n) is 8.75. The number of rotatable bonds is 7. The maximum absolute atomic E-state index is 12.7. The van der Waals surface area contributed by atoms with E-state index in [2.05, 4.69) is 51.8 Å². The molecule has 2 saturated heterocycles. The minimum atomic E-state index is -0.990. The fraction of sp³-hybridized carbons (Fsp3) is 0.680. The Morgan fingerprint density at radius 2 is 1.79 bits per heavy atom. The van der Waals surface area contributed by atoms with Gasteiger partial charge in [0.25, 0.3) is 5.91 Å². The van der Waals surface area contributed by atoms with Gasteiger partial charge in [0.15, 0.2) is 0 Å². The van der Waals surface area contributed by atoms with Crippen molar-refractivity contribution < 1.29 is 19.4 Å². The van der Waals surface area contributed by atoms with Gasteiger partial charge < -0.3 is 20.5 Å². The lowest BCUT2D eigenvalue weighted by atomic mass is 9.67. The number of hydrogen-bond donors (Lipinski definition) is 5. The van der Waals surface area contributed by atoms with Gasteiger partial charge in [0.05, 0.1) is 24.9 Å². The SMILES string of the molecule is CNC1(c2ccccc2)CCC2(CC1)C[C@@H](C1(NC(=O)C(=O)CC3(O)CCC3)COC1)NN2. The number of hydrogen-bond acceptors (Lipinski definition) is 7. The van der Waals surface area contributed by atoms with Crippen LogP contribution in [0.4, 0.5) is 0 Å². The van der Waals surface area contributed by atoms with E-state index in [1.54, 1.807) is 0 Å². The summed E-state index contributed by atoms with van der Waals surface area (Å²) < 4.78 is 5.50. The Labute approximate surface area is 195 Å². The summed E-state index contributed by atoms with van der Waals surface area (Å²) >= 11 is 0. The second-order valence-corrected chi connectivity index (χ2v) is 10.8. The molecule has 0 aromatic heterocycles. The van der Waals surface area contributed by atoms with Crippen LogP contribution in [0.2, 0.25) is 0 Å². The van der Waals surface area contributed by atoms with Crippen LogP contribution in [-0.2, 0) is 19.9 Å². The molecule has 1 atom stereocenters. The first-order valence-corrected chi connectivity index (χ1v) is 12.2. The third-order valence-corrected chi connectivity index (χ3v) is 8.75. The number of benzene rings is 1. The Balaban J connectivity index is 1.22. The molecular weight excluding hydrogens is 420 g/mol. The molecule has 1 aromatic carbocycles. The molecule has 4 aliphatic rings. The topological polar surface area (TPSA) is 112 Å². The zero-order valence-electron chi connectivity index (χ0n) is 19.4. The number of amides is 1. The molecule has 0 radical (unpaired) electrons. The quantitative estimate of drug-likeness (QED) is 0.390. The molecule has 0 unspecified atom stereocenters. The second kappa shape index (κ2) is 8.43. The molecule has 5 rings (SSSR count). The van der Waals surface area contributed by atoms with Gasteiger partial charge in [-0.2, -0.15) is 0 Å². The summed E-state index contributed by atoms with van der Waals surface area (Å²) in [7, 11) is 2.04. The summed E-state index contributed by atoms with van der Waals surface area (Å²) in [5.74, 6) is -1.15. The van der Waals surface area contributed by atoms with E-state index < -0.39 is 22.8 Å². The molecule has 1 aromatic rings. The predicted molar refractivity (Wildman–Crippen MR) is 123 cm³/mol. The van der Waals surface area contributed by atoms with Crippen molar-refractivity contribution >= 4 is 11.7 Å². The third kappa shape index (κ3) is 4.12. The van der Waals surface area contributed by atoms with E-state index in [9.17, 15) is 14.7 Å². The fourth-order valence-corrected chi connectivity index (χ4v) is 6.11. The summed E-state index contributed by atoms with van der Waals surface area (Å²) in [5, 5.41) is 16.8. The average Bonchev–Trinajstić information content (AvgIpc) is 3.20. The number of carbonyl (C=O) groups excluding carboxylic acids is 2. The molecule has 180 valence electrons. The van der Waals surface area contributed by atoms with Crippen molar-refractivity contribution in [3.8, 4) is 0 Å². The largest absolute Gasteiger partial charge is 0.389 e. The van der Waals surface area contributed by atoms with E-state index in [-0.39, 0.29) is 23.5 Å². The summed E-state index contributed by atoms with van der Waals surface area (Å²) in [6, 6.07) is 10.6. The van der Waals surface area contributed by atoms with E-state index in [0.717, 1.165) is 38.5 Å². The number of carbonyl (C=O) groups is 2. The Morgan fingerprint density at radius 1 is 1.09 bits per heavy atom. The number of Topliss-reactive ketones (excluding diaryl/α,β-unsaturated/α-hetero) is 1. The standard InChI is InChI=1S/C25H36N4O4/c1-26-24(18-6-3-2-4-7-18)12-10-22(11-13-24)15-20(28-29-22)25(16-33-17-25)27-21(31)19(30)14-23(32)8-5-9-23/h2-4,6-7,20,26,28-29,32H,5,8-17H2,1H3,(H,27,31)/t20-,22?,24?/m0/s1. The van der Waals surface area contributed by atoms with Crippen molar-refractivity contribution in [3.63, 3.8) is 0 Å². The van der Waals surface area contributed by atoms with Crippen LogP contribution in [-0.4, -0.2) is 59.8 Å². The van der Waals surface area contributed by atoms with Crippen molar-refractivity contribution in [1.29, 1.82) is 0 Å². The summed E-state index contributed by atoms with van der Waals surface area (Å²) in [6.07, 6.45) is 6.89. The van der Waals surface area contributed by atoms with Gasteiger partial charge in [0, 0.05) is 17.5 Å². The van der Waals surface area contributed by atoms with E-state index in [4.69, 9.17) is 4.74 Å². The van der Waals surface area contributed by atoms with Gasteiger partial charge in [-0.15, -0.1) is 0 Å². The van der Waals surface area contributed by atoms with Crippen molar-refractivity contribution in [2.45, 2.75) is 86.0 Å². The number of hydrazine groups is 1. The molecule has 2 aliphatic heterocycles. The zero-order valence-corrected chi connectivity index (χ0v) is 19.4. The molecule has 2 heterocycles. The normalized spacial score (nSPS) is 34.3. The number of ketones is 1. The Morgan fingerprint density at radius 3 is 2.33 bits per heavy atom. The van der Waals surface area contributed by atoms with Gasteiger partial charge in [-0.3, -0.25) is 20.4 Å². The highest BCUT2D eigenvalue weighted by atomic mass is 16.5. The minimum absolute atomic E-state index is 0.0198. The van der Waals surface area contributed by atoms with Gasteiger partial charge in [-0.05, 0) is 64.0 Å². The van der Waals surface area contributed by atoms with Crippen LogP contribution in [0.1, 0.15) is 63.4 Å². The lowest BCUT2D eigenvalue weighted by Gasteiger charge is -2.47. The predicted octanol–water partition coefficient (Wildman–Crippen LogP) is 1.04. The summed E-state index contributed by atoms with van der Waals surface area (Å²) in [5.41, 5.74) is 6.67. The van der Waals surface area contributed by atoms with E-state index in [0.29, 0.717) is 26.1 Å². The van der Waals surface area contributed by atoms with Crippen LogP contribution in [0.25, 0.3) is 0 Å². The van der Waals surface area contributed by atoms with Crippen molar-refractivity contribution in [2.75, 3.05) is 20.3 Å². The van der Waals surface area contributed by atoms with Gasteiger partial charge >= 0.3 is 0 Å². The highest BCUT2D eigenvalue weighted by Crippen LogP contribution is 2.45. The van der Waals surface area contributed by atoms with Crippen molar-refractivity contribution in [1.82, 2.24) is 21.5 Å². The molecule has 5 N–H and O–H groups in total. The number of nitrogens with one attached hydrogen (secondary N) is 4. The molecule has 8 heteroatoms. The lowest BCUT2D eigenvalue weighted by molar-refractivity contribution is -0.150. The first-order valence-electron chi connectivity index (χ1n) is 12.2. The summed E-state index contributed by atoms with van der Waals surface area (Å²) in [4.78, 5) is 25.2. The van der Waals surface area contributed by atoms with Crippen LogP contribution in [0.3, 0.4) is 0 Å². The van der Waals surface area contributed by atoms with Crippen molar-refractivity contribution in [2.24, 2.45) is 0 Å². The molecular formula is C25H36N4O4. The number of ether oxygens (including phenoxy) is 1. The molecule has 1 amide bonds. The Kier molecular flexibility index (Phi) is 5.86. The molecule has 2 aliphatic carbocycles. The maximum Gasteiger partial charge on any atom is 0.288 e. The molecule has 1 spiro atoms. The smallest absolute Gasteiger partial charge is 0.288 e. The van der Waals surface area contributed by atoms with E-state index in [1.165, 1.54) is 5.56 Å². The zero-order chi connectivity index (χ0) is 23.2. The van der Waals surface area contributed by atoms with Gasteiger partial charge in [0.1, 0.15) is 5.54 Å². The highest BCUT2D eigenvalue weighted by molar-refractivity contribution is 6.36. The van der Waals surface area contributed by atoms with Crippen LogP contribution >= 0.6 is 0 Å². The van der Waals surface area contributed by atoms with Gasteiger partial charge in [0.2, 0.25) is 5.78 Å². The number of aliphatic hydroxyl groups is 1. The monoisotopic (exact) mass is 456 g/mol. The lowest BCUT2D eigenvalue weighted by Crippen LogP contribution is -2.72. The van der Waals surface area contributed by atoms with Crippen LogP contribution < -0.4 is 21.5 Å². The fourth-order valence-electron chi connectivity index (χ4n) is 6.11. The van der Waals surface area contributed by atoms with Crippen LogP contribution in [0.5, 0.6) is 0 Å². The van der Waals surface area contributed by atoms with Gasteiger partial charge in [-0.25, -0.2) is 0 Å². The molecule has 33 heavy (non-hydrogen) atoms. The first kappa shape index (κ1) is 22.9. The van der Waals surface area contributed by atoms with Crippen LogP contribution in [0.15, 0.2) is 30.3 Å². The highest BCUT2D eigenvalue weighted by Gasteiger charge is 2.55. The van der Waals surface area contributed by atoms with Crippen LogP contribution in [0, 0.1) is 0 Å². The molecule has 4 fully saturated rings. The molecule has 2 saturated carbocycles. The minimum Gasteiger partial charge on any atom is -0.389 e. The van der Waals surface area contributed by atoms with Crippen molar-refractivity contribution in [3.05, 3.63) is 35.9 Å². The average molecular weight is 457 g/mol. The maximum atomic E-state index is 12.7. The Bertz CT molecular complexity index is 889. The molecule has 0 bridgehead atoms. The van der Waals surface area contributed by atoms with Gasteiger partial charge in [-0.1, -0.05) is 30.3 Å². The Hall–Kier alpha value is -1.84. The molecule has 8 nitrogen and oxygen atoms in total. The second-order valence-electron chi connectivity index (χ2n) is 10.8. The van der Waals surface area contributed by atoms with E-state index in [1.807, 2.05) is 7.05 Å². The summed E-state index contributed by atoms with van der Waals surface area (Å²) in [6.45, 7) is 0.770.